The molecule has 1 aromatic heterocycles. The Hall–Kier alpha value is -2.09. The van der Waals surface area contributed by atoms with Gasteiger partial charge in [-0.1, -0.05) is 6.08 Å². The minimum Gasteiger partial charge on any atom is -0.366 e. The summed E-state index contributed by atoms with van der Waals surface area (Å²) in [6.45, 7) is 1.59. The maximum Gasteiger partial charge on any atom is 0.262 e. The van der Waals surface area contributed by atoms with Crippen LogP contribution in [0.2, 0.25) is 0 Å². The SMILES string of the molecule is C/C=C(\SC[N+](=O)[O-])C(=O)Nc1c[nH]ccc1=O. The highest BCUT2D eigenvalue weighted by molar-refractivity contribution is 8.03. The Morgan fingerprint density at radius 3 is 2.94 bits per heavy atom. The molecule has 96 valence electrons. The van der Waals surface area contributed by atoms with Crippen molar-refractivity contribution in [3.63, 3.8) is 0 Å². The van der Waals surface area contributed by atoms with Crippen molar-refractivity contribution < 1.29 is 9.72 Å². The fourth-order valence-corrected chi connectivity index (χ4v) is 1.69. The van der Waals surface area contributed by atoms with Crippen molar-refractivity contribution in [3.8, 4) is 0 Å². The van der Waals surface area contributed by atoms with E-state index in [-0.39, 0.29) is 16.0 Å². The highest BCUT2D eigenvalue weighted by Gasteiger charge is 2.13. The molecule has 1 rings (SSSR count). The number of aromatic nitrogens is 1. The molecule has 1 aromatic rings. The predicted octanol–water partition coefficient (Wildman–Crippen LogP) is 1.18. The van der Waals surface area contributed by atoms with Gasteiger partial charge in [0.05, 0.1) is 4.91 Å². The molecule has 0 spiro atoms. The Kier molecular flexibility index (Phi) is 5.12. The van der Waals surface area contributed by atoms with Crippen molar-refractivity contribution in [3.05, 3.63) is 49.8 Å². The van der Waals surface area contributed by atoms with Gasteiger partial charge in [-0.2, -0.15) is 0 Å². The highest BCUT2D eigenvalue weighted by Crippen LogP contribution is 2.16. The van der Waals surface area contributed by atoms with Gasteiger partial charge in [0, 0.05) is 23.4 Å². The first-order valence-corrected chi connectivity index (χ1v) is 5.92. The summed E-state index contributed by atoms with van der Waals surface area (Å²) in [6, 6.07) is 1.27. The van der Waals surface area contributed by atoms with Crippen LogP contribution in [0.15, 0.2) is 34.2 Å². The molecule has 1 amide bonds. The number of H-pyrrole nitrogens is 1. The van der Waals surface area contributed by atoms with Crippen LogP contribution >= 0.6 is 11.8 Å². The van der Waals surface area contributed by atoms with Crippen LogP contribution in [0.3, 0.4) is 0 Å². The van der Waals surface area contributed by atoms with E-state index in [1.807, 2.05) is 0 Å². The van der Waals surface area contributed by atoms with Crippen LogP contribution in [-0.2, 0) is 4.79 Å². The molecule has 0 unspecified atom stereocenters. The molecule has 1 heterocycles. The van der Waals surface area contributed by atoms with Gasteiger partial charge in [-0.15, -0.1) is 0 Å². The summed E-state index contributed by atoms with van der Waals surface area (Å²) in [7, 11) is 0. The Bertz CT molecular complexity index is 538. The van der Waals surface area contributed by atoms with Crippen LogP contribution in [0.25, 0.3) is 0 Å². The Morgan fingerprint density at radius 2 is 2.39 bits per heavy atom. The van der Waals surface area contributed by atoms with E-state index in [1.165, 1.54) is 24.5 Å². The van der Waals surface area contributed by atoms with Gasteiger partial charge in [0.15, 0.2) is 0 Å². The average molecular weight is 269 g/mol. The summed E-state index contributed by atoms with van der Waals surface area (Å²) in [4.78, 5) is 35.6. The molecule has 0 fully saturated rings. The minimum atomic E-state index is -0.541. The number of rotatable bonds is 5. The van der Waals surface area contributed by atoms with E-state index < -0.39 is 16.7 Å². The van der Waals surface area contributed by atoms with Gasteiger partial charge in [-0.05, 0) is 18.7 Å². The summed E-state index contributed by atoms with van der Waals surface area (Å²) in [5.41, 5.74) is -0.236. The van der Waals surface area contributed by atoms with Crippen LogP contribution in [0.5, 0.6) is 0 Å². The summed E-state index contributed by atoms with van der Waals surface area (Å²) in [5, 5.41) is 12.6. The Balaban J connectivity index is 2.72. The zero-order chi connectivity index (χ0) is 13.5. The molecule has 8 heteroatoms. The number of carbonyl (C=O) groups excluding carboxylic acids is 1. The van der Waals surface area contributed by atoms with Gasteiger partial charge in [0.25, 0.3) is 11.8 Å². The number of nitrogens with one attached hydrogen (secondary N) is 2. The van der Waals surface area contributed by atoms with Crippen LogP contribution in [0.4, 0.5) is 5.69 Å². The predicted molar refractivity (Wildman–Crippen MR) is 68.9 cm³/mol. The second kappa shape index (κ2) is 6.60. The van der Waals surface area contributed by atoms with Gasteiger partial charge in [-0.25, -0.2) is 0 Å². The number of carbonyl (C=O) groups is 1. The van der Waals surface area contributed by atoms with E-state index in [2.05, 4.69) is 10.3 Å². The highest BCUT2D eigenvalue weighted by atomic mass is 32.2. The largest absolute Gasteiger partial charge is 0.366 e. The van der Waals surface area contributed by atoms with Crippen molar-refractivity contribution in [2.75, 3.05) is 11.2 Å². The maximum absolute atomic E-state index is 11.7. The molecular weight excluding hydrogens is 258 g/mol. The zero-order valence-electron chi connectivity index (χ0n) is 9.50. The first-order valence-electron chi connectivity index (χ1n) is 4.94. The number of allylic oxidation sites excluding steroid dienone is 1. The minimum absolute atomic E-state index is 0.101. The summed E-state index contributed by atoms with van der Waals surface area (Å²) < 4.78 is 0. The molecule has 2 N–H and O–H groups in total. The molecule has 0 atom stereocenters. The molecule has 0 aromatic carbocycles. The van der Waals surface area contributed by atoms with E-state index in [4.69, 9.17) is 0 Å². The number of nitro groups is 1. The third kappa shape index (κ3) is 4.06. The van der Waals surface area contributed by atoms with Crippen LogP contribution in [0, 0.1) is 10.1 Å². The first kappa shape index (κ1) is 14.0. The smallest absolute Gasteiger partial charge is 0.262 e. The molecule has 18 heavy (non-hydrogen) atoms. The number of pyridine rings is 1. The second-order valence-electron chi connectivity index (χ2n) is 3.14. The van der Waals surface area contributed by atoms with E-state index in [9.17, 15) is 19.7 Å². The van der Waals surface area contributed by atoms with Gasteiger partial charge >= 0.3 is 0 Å². The number of anilines is 1. The van der Waals surface area contributed by atoms with E-state index in [1.54, 1.807) is 6.92 Å². The van der Waals surface area contributed by atoms with Gasteiger partial charge in [0.1, 0.15) is 5.69 Å². The number of hydrogen-bond acceptors (Lipinski definition) is 5. The first-order chi connectivity index (χ1) is 8.54. The van der Waals surface area contributed by atoms with Crippen molar-refractivity contribution in [1.82, 2.24) is 4.98 Å². The summed E-state index contributed by atoms with van der Waals surface area (Å²) in [6.07, 6.45) is 4.25. The molecule has 0 radical (unpaired) electrons. The van der Waals surface area contributed by atoms with Gasteiger partial charge in [0.2, 0.25) is 5.43 Å². The van der Waals surface area contributed by atoms with Crippen molar-refractivity contribution in [1.29, 1.82) is 0 Å². The Labute approximate surface area is 106 Å². The third-order valence-electron chi connectivity index (χ3n) is 1.88. The van der Waals surface area contributed by atoms with Crippen LogP contribution in [-0.4, -0.2) is 21.7 Å². The second-order valence-corrected chi connectivity index (χ2v) is 4.12. The summed E-state index contributed by atoms with van der Waals surface area (Å²) >= 11 is 0.801. The molecule has 0 bridgehead atoms. The maximum atomic E-state index is 11.7. The molecule has 0 saturated heterocycles. The summed E-state index contributed by atoms with van der Waals surface area (Å²) in [5.74, 6) is -0.945. The number of nitrogens with zero attached hydrogens (tertiary/aromatic N) is 1. The number of aromatic amines is 1. The monoisotopic (exact) mass is 269 g/mol. The number of amides is 1. The fraction of sp³-hybridized carbons (Fsp3) is 0.200. The average Bonchev–Trinajstić information content (AvgIpc) is 2.32. The lowest BCUT2D eigenvalue weighted by molar-refractivity contribution is -0.456. The topological polar surface area (TPSA) is 105 Å². The normalized spacial score (nSPS) is 11.1. The Morgan fingerprint density at radius 1 is 1.67 bits per heavy atom. The van der Waals surface area contributed by atoms with Crippen molar-refractivity contribution >= 4 is 23.4 Å². The third-order valence-corrected chi connectivity index (χ3v) is 2.96. The zero-order valence-corrected chi connectivity index (χ0v) is 10.3. The van der Waals surface area contributed by atoms with Gasteiger partial charge in [-0.3, -0.25) is 19.7 Å². The molecule has 0 aliphatic heterocycles. The molecule has 0 saturated carbocycles. The van der Waals surface area contributed by atoms with Crippen LogP contribution < -0.4 is 10.7 Å². The fourth-order valence-electron chi connectivity index (χ4n) is 1.10. The van der Waals surface area contributed by atoms with E-state index in [0.717, 1.165) is 11.8 Å². The van der Waals surface area contributed by atoms with Crippen molar-refractivity contribution in [2.45, 2.75) is 6.92 Å². The van der Waals surface area contributed by atoms with Crippen molar-refractivity contribution in [2.24, 2.45) is 0 Å². The van der Waals surface area contributed by atoms with Crippen LogP contribution in [0.1, 0.15) is 6.92 Å². The number of hydrogen-bond donors (Lipinski definition) is 2. The molecular formula is C10H11N3O4S. The molecule has 0 aliphatic carbocycles. The lowest BCUT2D eigenvalue weighted by atomic mass is 10.4. The standard InChI is InChI=1S/C10H11N3O4S/c1-2-9(18-6-13(16)17)10(15)12-7-5-11-4-3-8(7)14/h2-5H,6H2,1H3,(H,11,14)(H,12,15)/b9-2-. The molecule has 0 aliphatic rings. The lowest BCUT2D eigenvalue weighted by Crippen LogP contribution is -2.19. The molecule has 7 nitrogen and oxygen atoms in total. The van der Waals surface area contributed by atoms with Gasteiger partial charge < -0.3 is 10.3 Å². The lowest BCUT2D eigenvalue weighted by Gasteiger charge is -2.05. The number of thioether (sulfide) groups is 1. The van der Waals surface area contributed by atoms with E-state index in [0.29, 0.717) is 0 Å². The van der Waals surface area contributed by atoms with E-state index >= 15 is 0 Å². The quantitative estimate of drug-likeness (QED) is 0.361.